The van der Waals surface area contributed by atoms with E-state index in [9.17, 15) is 13.6 Å². The number of benzene rings is 1. The lowest BCUT2D eigenvalue weighted by molar-refractivity contribution is -0.133. The van der Waals surface area contributed by atoms with E-state index >= 15 is 0 Å². The van der Waals surface area contributed by atoms with Crippen molar-refractivity contribution in [1.29, 1.82) is 0 Å². The largest absolute Gasteiger partial charge is 0.340 e. The summed E-state index contributed by atoms with van der Waals surface area (Å²) in [5.41, 5.74) is 0.546. The lowest BCUT2D eigenvalue weighted by Crippen LogP contribution is -2.49. The van der Waals surface area contributed by atoms with E-state index in [1.807, 2.05) is 11.8 Å². The van der Waals surface area contributed by atoms with Gasteiger partial charge < -0.3 is 10.2 Å². The second kappa shape index (κ2) is 9.60. The van der Waals surface area contributed by atoms with E-state index in [2.05, 4.69) is 10.2 Å². The van der Waals surface area contributed by atoms with Crippen molar-refractivity contribution < 1.29 is 13.6 Å². The highest BCUT2D eigenvalue weighted by Crippen LogP contribution is 2.28. The number of carbonyl (C=O) groups excluding carboxylic acids is 1. The van der Waals surface area contributed by atoms with Gasteiger partial charge in [0, 0.05) is 50.3 Å². The number of piperazine rings is 1. The van der Waals surface area contributed by atoms with E-state index in [0.29, 0.717) is 31.0 Å². The van der Waals surface area contributed by atoms with Crippen LogP contribution in [0, 0.1) is 17.6 Å². The van der Waals surface area contributed by atoms with Gasteiger partial charge in [0.1, 0.15) is 11.6 Å². The summed E-state index contributed by atoms with van der Waals surface area (Å²) in [6.45, 7) is 6.98. The molecule has 0 aromatic heterocycles. The van der Waals surface area contributed by atoms with Crippen LogP contribution < -0.4 is 5.32 Å². The van der Waals surface area contributed by atoms with Crippen molar-refractivity contribution in [3.8, 4) is 0 Å². The van der Waals surface area contributed by atoms with E-state index in [4.69, 9.17) is 0 Å². The standard InChI is InChI=1S/C21H31F2N3O/c1-2-20(18-5-4-17(22)15-19(18)23)25-11-13-26(14-12-25)21(27)6-3-16-7-9-24-10-8-16/h4-5,15-16,20,24H,2-3,6-14H2,1H3. The maximum Gasteiger partial charge on any atom is 0.222 e. The van der Waals surface area contributed by atoms with Crippen molar-refractivity contribution >= 4 is 5.91 Å². The van der Waals surface area contributed by atoms with Gasteiger partial charge in [-0.15, -0.1) is 0 Å². The molecule has 2 heterocycles. The molecule has 3 rings (SSSR count). The van der Waals surface area contributed by atoms with Gasteiger partial charge in [-0.1, -0.05) is 13.0 Å². The maximum atomic E-state index is 14.2. The highest BCUT2D eigenvalue weighted by Gasteiger charge is 2.28. The van der Waals surface area contributed by atoms with Gasteiger partial charge in [0.15, 0.2) is 0 Å². The molecule has 0 radical (unpaired) electrons. The highest BCUT2D eigenvalue weighted by atomic mass is 19.1. The number of nitrogens with one attached hydrogen (secondary N) is 1. The summed E-state index contributed by atoms with van der Waals surface area (Å²) in [6, 6.07) is 3.76. The Labute approximate surface area is 160 Å². The first-order valence-corrected chi connectivity index (χ1v) is 10.3. The summed E-state index contributed by atoms with van der Waals surface area (Å²) in [5.74, 6) is -0.116. The predicted octanol–water partition coefficient (Wildman–Crippen LogP) is 3.34. The first kappa shape index (κ1) is 20.2. The molecule has 1 atom stereocenters. The van der Waals surface area contributed by atoms with E-state index in [0.717, 1.165) is 45.1 Å². The van der Waals surface area contributed by atoms with Gasteiger partial charge in [0.25, 0.3) is 0 Å². The first-order chi connectivity index (χ1) is 13.1. The molecule has 0 saturated carbocycles. The molecule has 1 N–H and O–H groups in total. The summed E-state index contributed by atoms with van der Waals surface area (Å²) < 4.78 is 27.4. The minimum absolute atomic E-state index is 0.0717. The number of halogens is 2. The predicted molar refractivity (Wildman–Crippen MR) is 102 cm³/mol. The number of carbonyl (C=O) groups is 1. The van der Waals surface area contributed by atoms with E-state index in [1.54, 1.807) is 6.07 Å². The Morgan fingerprint density at radius 1 is 1.19 bits per heavy atom. The average Bonchev–Trinajstić information content (AvgIpc) is 2.69. The summed E-state index contributed by atoms with van der Waals surface area (Å²) in [4.78, 5) is 16.7. The summed E-state index contributed by atoms with van der Waals surface area (Å²) in [5, 5.41) is 3.36. The molecular weight excluding hydrogens is 348 g/mol. The molecule has 2 aliphatic heterocycles. The number of amides is 1. The van der Waals surface area contributed by atoms with Crippen molar-refractivity contribution in [2.45, 2.75) is 45.1 Å². The Kier molecular flexibility index (Phi) is 7.19. The SMILES string of the molecule is CCC(c1ccc(F)cc1F)N1CCN(C(=O)CCC2CCNCC2)CC1. The van der Waals surface area contributed by atoms with E-state index < -0.39 is 11.6 Å². The molecule has 0 bridgehead atoms. The molecule has 0 aliphatic carbocycles. The molecule has 2 saturated heterocycles. The summed E-state index contributed by atoms with van der Waals surface area (Å²) in [7, 11) is 0. The number of hydrogen-bond acceptors (Lipinski definition) is 3. The third kappa shape index (κ3) is 5.26. The second-order valence-corrected chi connectivity index (χ2v) is 7.74. The zero-order chi connectivity index (χ0) is 19.2. The van der Waals surface area contributed by atoms with Crippen molar-refractivity contribution in [3.05, 3.63) is 35.4 Å². The smallest absolute Gasteiger partial charge is 0.222 e. The second-order valence-electron chi connectivity index (χ2n) is 7.74. The molecule has 4 nitrogen and oxygen atoms in total. The Hall–Kier alpha value is -1.53. The Balaban J connectivity index is 1.50. The van der Waals surface area contributed by atoms with Crippen LogP contribution >= 0.6 is 0 Å². The highest BCUT2D eigenvalue weighted by molar-refractivity contribution is 5.76. The van der Waals surface area contributed by atoms with Crippen LogP contribution in [-0.4, -0.2) is 55.0 Å². The van der Waals surface area contributed by atoms with Crippen LogP contribution in [0.5, 0.6) is 0 Å². The zero-order valence-electron chi connectivity index (χ0n) is 16.2. The fourth-order valence-electron chi connectivity index (χ4n) is 4.39. The molecule has 1 aromatic carbocycles. The number of hydrogen-bond donors (Lipinski definition) is 1. The third-order valence-electron chi connectivity index (χ3n) is 6.04. The number of piperidine rings is 1. The van der Waals surface area contributed by atoms with Crippen LogP contribution in [0.25, 0.3) is 0 Å². The zero-order valence-corrected chi connectivity index (χ0v) is 16.2. The van der Waals surface area contributed by atoms with Crippen LogP contribution in [0.15, 0.2) is 18.2 Å². The van der Waals surface area contributed by atoms with Crippen molar-refractivity contribution in [2.24, 2.45) is 5.92 Å². The molecule has 2 fully saturated rings. The minimum atomic E-state index is -0.546. The van der Waals surface area contributed by atoms with Gasteiger partial charge >= 0.3 is 0 Å². The third-order valence-corrected chi connectivity index (χ3v) is 6.04. The Morgan fingerprint density at radius 2 is 1.89 bits per heavy atom. The lowest BCUT2D eigenvalue weighted by Gasteiger charge is -2.39. The molecule has 1 aromatic rings. The monoisotopic (exact) mass is 379 g/mol. The molecule has 2 aliphatic rings. The van der Waals surface area contributed by atoms with Crippen molar-refractivity contribution in [1.82, 2.24) is 15.1 Å². The van der Waals surface area contributed by atoms with Crippen molar-refractivity contribution in [2.75, 3.05) is 39.3 Å². The molecule has 1 amide bonds. The normalized spacial score (nSPS) is 20.6. The molecule has 1 unspecified atom stereocenters. The van der Waals surface area contributed by atoms with Gasteiger partial charge in [-0.3, -0.25) is 9.69 Å². The van der Waals surface area contributed by atoms with Crippen LogP contribution in [0.1, 0.15) is 50.6 Å². The minimum Gasteiger partial charge on any atom is -0.340 e. The van der Waals surface area contributed by atoms with Gasteiger partial charge in [-0.2, -0.15) is 0 Å². The van der Waals surface area contributed by atoms with E-state index in [1.165, 1.54) is 18.9 Å². The number of rotatable bonds is 6. The van der Waals surface area contributed by atoms with Gasteiger partial charge in [-0.05, 0) is 50.8 Å². The average molecular weight is 379 g/mol. The molecule has 150 valence electrons. The Bertz CT molecular complexity index is 626. The van der Waals surface area contributed by atoms with Crippen LogP contribution in [0.2, 0.25) is 0 Å². The summed E-state index contributed by atoms with van der Waals surface area (Å²) in [6.07, 6.45) is 4.71. The molecule has 6 heteroatoms. The maximum absolute atomic E-state index is 14.2. The van der Waals surface area contributed by atoms with Gasteiger partial charge in [0.2, 0.25) is 5.91 Å². The topological polar surface area (TPSA) is 35.6 Å². The van der Waals surface area contributed by atoms with Gasteiger partial charge in [0.05, 0.1) is 0 Å². The quantitative estimate of drug-likeness (QED) is 0.823. The number of nitrogens with zero attached hydrogens (tertiary/aromatic N) is 2. The Morgan fingerprint density at radius 3 is 2.52 bits per heavy atom. The molecule has 27 heavy (non-hydrogen) atoms. The van der Waals surface area contributed by atoms with Gasteiger partial charge in [-0.25, -0.2) is 8.78 Å². The van der Waals surface area contributed by atoms with Crippen molar-refractivity contribution in [3.63, 3.8) is 0 Å². The summed E-state index contributed by atoms with van der Waals surface area (Å²) >= 11 is 0. The molecular formula is C21H31F2N3O. The van der Waals surface area contributed by atoms with Crippen LogP contribution in [-0.2, 0) is 4.79 Å². The van der Waals surface area contributed by atoms with Crippen LogP contribution in [0.4, 0.5) is 8.78 Å². The lowest BCUT2D eigenvalue weighted by atomic mass is 9.93. The fraction of sp³-hybridized carbons (Fsp3) is 0.667. The molecule has 0 spiro atoms. The fourth-order valence-corrected chi connectivity index (χ4v) is 4.39. The van der Waals surface area contributed by atoms with Crippen LogP contribution in [0.3, 0.4) is 0 Å². The first-order valence-electron chi connectivity index (χ1n) is 10.3. The van der Waals surface area contributed by atoms with E-state index in [-0.39, 0.29) is 11.9 Å².